The Balaban J connectivity index is 0.00000529. The molecule has 0 spiro atoms. The number of rotatable bonds is 10. The maximum absolute atomic E-state index is 11.8. The zero-order chi connectivity index (χ0) is 17.1. The Bertz CT molecular complexity index is 506. The molecule has 0 aliphatic rings. The molecule has 0 bridgehead atoms. The minimum atomic E-state index is -0.342. The van der Waals surface area contributed by atoms with Crippen molar-refractivity contribution in [2.24, 2.45) is 0 Å². The van der Waals surface area contributed by atoms with Gasteiger partial charge in [-0.1, -0.05) is 0 Å². The van der Waals surface area contributed by atoms with E-state index in [0.29, 0.717) is 30.3 Å². The Morgan fingerprint density at radius 3 is 2.12 bits per heavy atom. The van der Waals surface area contributed by atoms with Crippen molar-refractivity contribution in [1.82, 2.24) is 10.6 Å². The molecule has 0 aliphatic carbocycles. The molecule has 0 saturated carbocycles. The lowest BCUT2D eigenvalue weighted by Gasteiger charge is -2.10. The van der Waals surface area contributed by atoms with E-state index in [0.717, 1.165) is 0 Å². The number of hydrogen-bond acceptors (Lipinski definition) is 6. The van der Waals surface area contributed by atoms with E-state index >= 15 is 0 Å². The molecule has 0 radical (unpaired) electrons. The van der Waals surface area contributed by atoms with Crippen LogP contribution in [0.25, 0.3) is 0 Å². The van der Waals surface area contributed by atoms with Crippen LogP contribution in [0.5, 0.6) is 11.5 Å². The van der Waals surface area contributed by atoms with Crippen molar-refractivity contribution in [3.8, 4) is 11.5 Å². The van der Waals surface area contributed by atoms with Crippen LogP contribution >= 0.6 is 12.4 Å². The average molecular weight is 362 g/mol. The third-order valence-corrected chi connectivity index (χ3v) is 2.85. The summed E-state index contributed by atoms with van der Waals surface area (Å²) in [5.74, 6) is 0.516. The molecule has 0 heterocycles. The molecule has 8 nitrogen and oxygen atoms in total. The monoisotopic (exact) mass is 361 g/mol. The smallest absolute Gasteiger partial charge is 0.243 e. The zero-order valence-corrected chi connectivity index (χ0v) is 14.8. The largest absolute Gasteiger partial charge is 0.497 e. The van der Waals surface area contributed by atoms with Crippen LogP contribution in [0.2, 0.25) is 0 Å². The topological polar surface area (TPSA) is 97.9 Å². The summed E-state index contributed by atoms with van der Waals surface area (Å²) in [7, 11) is 4.63. The van der Waals surface area contributed by atoms with Gasteiger partial charge < -0.3 is 30.2 Å². The Hall–Kier alpha value is -2.03. The summed E-state index contributed by atoms with van der Waals surface area (Å²) < 4.78 is 15.1. The van der Waals surface area contributed by atoms with E-state index in [1.165, 1.54) is 14.2 Å². The van der Waals surface area contributed by atoms with Crippen molar-refractivity contribution in [3.05, 3.63) is 18.2 Å². The highest BCUT2D eigenvalue weighted by atomic mass is 35.5. The minimum Gasteiger partial charge on any atom is -0.497 e. The van der Waals surface area contributed by atoms with Crippen molar-refractivity contribution >= 4 is 29.9 Å². The molecular formula is C15H24ClN3O5. The summed E-state index contributed by atoms with van der Waals surface area (Å²) in [5, 5.41) is 8.08. The average Bonchev–Trinajstić information content (AvgIpc) is 2.56. The van der Waals surface area contributed by atoms with Gasteiger partial charge in [-0.05, 0) is 0 Å². The highest BCUT2D eigenvalue weighted by Crippen LogP contribution is 2.25. The second kappa shape index (κ2) is 12.4. The van der Waals surface area contributed by atoms with Gasteiger partial charge in [0.2, 0.25) is 11.8 Å². The fraction of sp³-hybridized carbons (Fsp3) is 0.467. The van der Waals surface area contributed by atoms with Gasteiger partial charge in [0.05, 0.1) is 33.9 Å². The lowest BCUT2D eigenvalue weighted by Crippen LogP contribution is -2.39. The fourth-order valence-electron chi connectivity index (χ4n) is 1.70. The molecule has 136 valence electrons. The number of hydrogen-bond donors (Lipinski definition) is 3. The van der Waals surface area contributed by atoms with Gasteiger partial charge in [-0.2, -0.15) is 0 Å². The van der Waals surface area contributed by atoms with E-state index in [9.17, 15) is 9.59 Å². The number of carbonyl (C=O) groups excluding carboxylic acids is 2. The highest BCUT2D eigenvalue weighted by molar-refractivity contribution is 5.95. The maximum Gasteiger partial charge on any atom is 0.243 e. The van der Waals surface area contributed by atoms with E-state index in [1.54, 1.807) is 25.3 Å². The first-order valence-electron chi connectivity index (χ1n) is 7.08. The number of methoxy groups -OCH3 is 3. The van der Waals surface area contributed by atoms with E-state index in [4.69, 9.17) is 14.2 Å². The first-order chi connectivity index (χ1) is 11.1. The summed E-state index contributed by atoms with van der Waals surface area (Å²) in [6, 6.07) is 5.02. The predicted octanol–water partition coefficient (Wildman–Crippen LogP) is 0.416. The highest BCUT2D eigenvalue weighted by Gasteiger charge is 2.08. The van der Waals surface area contributed by atoms with Gasteiger partial charge in [-0.3, -0.25) is 9.59 Å². The number of ether oxygens (including phenoxy) is 3. The zero-order valence-electron chi connectivity index (χ0n) is 14.0. The summed E-state index contributed by atoms with van der Waals surface area (Å²) in [5.41, 5.74) is 0.527. The Kier molecular flexibility index (Phi) is 11.4. The van der Waals surface area contributed by atoms with Gasteiger partial charge in [-0.25, -0.2) is 0 Å². The van der Waals surface area contributed by atoms with Crippen molar-refractivity contribution in [3.63, 3.8) is 0 Å². The summed E-state index contributed by atoms with van der Waals surface area (Å²) >= 11 is 0. The van der Waals surface area contributed by atoms with Crippen LogP contribution in [-0.2, 0) is 14.3 Å². The van der Waals surface area contributed by atoms with Gasteiger partial charge in [-0.15, -0.1) is 12.4 Å². The molecule has 1 rings (SSSR count). The van der Waals surface area contributed by atoms with Gasteiger partial charge in [0.25, 0.3) is 0 Å². The standard InChI is InChI=1S/C15H23N3O5.ClH/c1-21-5-4-16-9-14(19)17-10-15(20)18-11-6-12(22-2)8-13(7-11)23-3;/h6-8,16H,4-5,9-10H2,1-3H3,(H,17,19)(H,18,20);1H. The van der Waals surface area contributed by atoms with Crippen molar-refractivity contribution in [2.75, 3.05) is 52.9 Å². The van der Waals surface area contributed by atoms with Crippen LogP contribution in [0.15, 0.2) is 18.2 Å². The lowest BCUT2D eigenvalue weighted by molar-refractivity contribution is -0.123. The first kappa shape index (κ1) is 22.0. The SMILES string of the molecule is COCCNCC(=O)NCC(=O)Nc1cc(OC)cc(OC)c1.Cl. The molecule has 0 atom stereocenters. The molecule has 2 amide bonds. The van der Waals surface area contributed by atoms with Crippen molar-refractivity contribution < 1.29 is 23.8 Å². The molecule has 3 N–H and O–H groups in total. The second-order valence-corrected chi connectivity index (χ2v) is 4.60. The summed E-state index contributed by atoms with van der Waals surface area (Å²) in [6.07, 6.45) is 0. The Labute approximate surface area is 147 Å². The molecule has 0 saturated heterocycles. The molecule has 0 fully saturated rings. The molecular weight excluding hydrogens is 338 g/mol. The molecule has 9 heteroatoms. The van der Waals surface area contributed by atoms with Gasteiger partial charge >= 0.3 is 0 Å². The van der Waals surface area contributed by atoms with Gasteiger partial charge in [0, 0.05) is 37.5 Å². The lowest BCUT2D eigenvalue weighted by atomic mass is 10.2. The number of amides is 2. The first-order valence-corrected chi connectivity index (χ1v) is 7.08. The van der Waals surface area contributed by atoms with E-state index < -0.39 is 0 Å². The van der Waals surface area contributed by atoms with Crippen LogP contribution in [-0.4, -0.2) is 59.4 Å². The maximum atomic E-state index is 11.8. The van der Waals surface area contributed by atoms with E-state index in [-0.39, 0.29) is 37.3 Å². The summed E-state index contributed by atoms with van der Waals surface area (Å²) in [6.45, 7) is 1.10. The predicted molar refractivity (Wildman–Crippen MR) is 93.2 cm³/mol. The third kappa shape index (κ3) is 8.56. The van der Waals surface area contributed by atoms with Gasteiger partial charge in [0.1, 0.15) is 11.5 Å². The fourth-order valence-corrected chi connectivity index (χ4v) is 1.70. The Morgan fingerprint density at radius 2 is 1.58 bits per heavy atom. The number of halogens is 1. The molecule has 24 heavy (non-hydrogen) atoms. The van der Waals surface area contributed by atoms with Crippen LogP contribution in [0, 0.1) is 0 Å². The number of carbonyl (C=O) groups is 2. The van der Waals surface area contributed by atoms with E-state index in [2.05, 4.69) is 16.0 Å². The quantitative estimate of drug-likeness (QED) is 0.522. The van der Waals surface area contributed by atoms with E-state index in [1.807, 2.05) is 0 Å². The van der Waals surface area contributed by atoms with Gasteiger partial charge in [0.15, 0.2) is 0 Å². The van der Waals surface area contributed by atoms with Crippen molar-refractivity contribution in [2.45, 2.75) is 0 Å². The Morgan fingerprint density at radius 1 is 0.958 bits per heavy atom. The third-order valence-electron chi connectivity index (χ3n) is 2.85. The molecule has 0 aromatic heterocycles. The molecule has 0 unspecified atom stereocenters. The molecule has 0 aliphatic heterocycles. The number of benzene rings is 1. The van der Waals surface area contributed by atoms with Crippen LogP contribution in [0.4, 0.5) is 5.69 Å². The second-order valence-electron chi connectivity index (χ2n) is 4.60. The van der Waals surface area contributed by atoms with Crippen molar-refractivity contribution in [1.29, 1.82) is 0 Å². The molecule has 1 aromatic carbocycles. The minimum absolute atomic E-state index is 0. The number of anilines is 1. The normalized spacial score (nSPS) is 9.62. The van der Waals surface area contributed by atoms with Crippen LogP contribution < -0.4 is 25.4 Å². The van der Waals surface area contributed by atoms with Crippen LogP contribution in [0.3, 0.4) is 0 Å². The number of nitrogens with one attached hydrogen (secondary N) is 3. The summed E-state index contributed by atoms with van der Waals surface area (Å²) in [4.78, 5) is 23.4. The van der Waals surface area contributed by atoms with Crippen LogP contribution in [0.1, 0.15) is 0 Å². The molecule has 1 aromatic rings.